The smallest absolute Gasteiger partial charge is 0.0447 e. The molecule has 6 heteroatoms. The topological polar surface area (TPSA) is 97.5 Å². The lowest BCUT2D eigenvalue weighted by Crippen LogP contribution is -1.73. The van der Waals surface area contributed by atoms with E-state index in [1.807, 2.05) is 12.1 Å². The summed E-state index contributed by atoms with van der Waals surface area (Å²) in [4.78, 5) is 5.34. The van der Waals surface area contributed by atoms with Crippen LogP contribution in [0.2, 0.25) is 0 Å². The fourth-order valence-corrected chi connectivity index (χ4v) is 1.03. The van der Waals surface area contributed by atoms with Crippen LogP contribution < -0.4 is 0 Å². The molecule has 1 aromatic carbocycles. The molecule has 0 radical (unpaired) electrons. The van der Waals surface area contributed by atoms with Crippen molar-refractivity contribution in [2.45, 2.75) is 0 Å². The fourth-order valence-electron chi connectivity index (χ4n) is 1.03. The van der Waals surface area contributed by atoms with Gasteiger partial charge in [0.15, 0.2) is 0 Å². The molecular weight excluding hydrogens is 192 g/mol. The Kier molecular flexibility index (Phi) is 4.33. The zero-order chi connectivity index (χ0) is 10.9. The predicted octanol–water partition coefficient (Wildman–Crippen LogP) is 3.95. The van der Waals surface area contributed by atoms with Gasteiger partial charge in [0.25, 0.3) is 0 Å². The van der Waals surface area contributed by atoms with E-state index in [1.165, 1.54) is 0 Å². The highest BCUT2D eigenvalue weighted by atomic mass is 15.1. The van der Waals surface area contributed by atoms with Gasteiger partial charge in [-0.05, 0) is 16.6 Å². The summed E-state index contributed by atoms with van der Waals surface area (Å²) in [5.41, 5.74) is 17.7. The molecule has 74 valence electrons. The first-order valence-electron chi connectivity index (χ1n) is 4.20. The van der Waals surface area contributed by atoms with Crippen LogP contribution in [-0.4, -0.2) is 6.54 Å². The van der Waals surface area contributed by atoms with E-state index in [2.05, 4.69) is 20.1 Å². The van der Waals surface area contributed by atoms with Crippen LogP contribution in [-0.2, 0) is 0 Å². The molecule has 0 fully saturated rings. The van der Waals surface area contributed by atoms with Gasteiger partial charge in [-0.25, -0.2) is 0 Å². The van der Waals surface area contributed by atoms with Gasteiger partial charge in [0.2, 0.25) is 0 Å². The summed E-state index contributed by atoms with van der Waals surface area (Å²) in [6.45, 7) is 0.279. The van der Waals surface area contributed by atoms with Crippen LogP contribution in [0, 0.1) is 0 Å². The molecule has 0 unspecified atom stereocenters. The first kappa shape index (κ1) is 10.7. The molecule has 0 aliphatic heterocycles. The van der Waals surface area contributed by atoms with Crippen molar-refractivity contribution >= 4 is 11.8 Å². The second-order valence-electron chi connectivity index (χ2n) is 2.56. The highest BCUT2D eigenvalue weighted by Crippen LogP contribution is 2.19. The molecule has 0 aromatic heterocycles. The minimum Gasteiger partial charge on any atom is -0.0899 e. The normalized spacial score (nSPS) is 9.33. The number of hydrogen-bond donors (Lipinski definition) is 0. The number of rotatable bonds is 4. The van der Waals surface area contributed by atoms with Crippen LogP contribution in [0.15, 0.2) is 40.6 Å². The number of hydrogen-bond acceptors (Lipinski definition) is 2. The maximum Gasteiger partial charge on any atom is 0.0447 e. The Morgan fingerprint density at radius 2 is 2.00 bits per heavy atom. The van der Waals surface area contributed by atoms with Gasteiger partial charge in [0, 0.05) is 22.1 Å². The highest BCUT2D eigenvalue weighted by Gasteiger charge is 1.93. The third-order valence-corrected chi connectivity index (χ3v) is 1.64. The van der Waals surface area contributed by atoms with Crippen molar-refractivity contribution in [3.63, 3.8) is 0 Å². The largest absolute Gasteiger partial charge is 0.0899 e. The molecule has 0 heterocycles. The summed E-state index contributed by atoms with van der Waals surface area (Å²) in [5, 5.41) is 6.88. The van der Waals surface area contributed by atoms with Gasteiger partial charge in [-0.1, -0.05) is 46.6 Å². The van der Waals surface area contributed by atoms with E-state index in [-0.39, 0.29) is 6.54 Å². The molecule has 0 aliphatic rings. The zero-order valence-corrected chi connectivity index (χ0v) is 7.85. The molecule has 1 rings (SSSR count). The maximum absolute atomic E-state index is 8.32. The molecule has 6 nitrogen and oxygen atoms in total. The van der Waals surface area contributed by atoms with E-state index in [9.17, 15) is 0 Å². The van der Waals surface area contributed by atoms with Crippen molar-refractivity contribution in [3.8, 4) is 0 Å². The Labute approximate surface area is 86.1 Å². The Bertz CT molecular complexity index is 451. The highest BCUT2D eigenvalue weighted by molar-refractivity contribution is 5.63. The maximum atomic E-state index is 8.32. The van der Waals surface area contributed by atoms with E-state index in [0.717, 1.165) is 5.56 Å². The Morgan fingerprint density at radius 3 is 2.73 bits per heavy atom. The Balaban J connectivity index is 2.88. The molecule has 0 spiro atoms. The van der Waals surface area contributed by atoms with Gasteiger partial charge in [0.05, 0.1) is 0 Å². The molecule has 15 heavy (non-hydrogen) atoms. The molecule has 1 aromatic rings. The first-order chi connectivity index (χ1) is 7.38. The van der Waals surface area contributed by atoms with Crippen LogP contribution >= 0.6 is 0 Å². The van der Waals surface area contributed by atoms with E-state index < -0.39 is 0 Å². The number of azide groups is 2. The minimum absolute atomic E-state index is 0.279. The zero-order valence-electron chi connectivity index (χ0n) is 7.85. The second-order valence-corrected chi connectivity index (χ2v) is 2.56. The van der Waals surface area contributed by atoms with Crippen LogP contribution in [0.25, 0.3) is 27.0 Å². The van der Waals surface area contributed by atoms with Crippen molar-refractivity contribution in [3.05, 3.63) is 56.8 Å². The summed E-state index contributed by atoms with van der Waals surface area (Å²) in [5.74, 6) is 0. The summed E-state index contributed by atoms with van der Waals surface area (Å²) >= 11 is 0. The van der Waals surface area contributed by atoms with Gasteiger partial charge < -0.3 is 0 Å². The van der Waals surface area contributed by atoms with E-state index in [0.29, 0.717) is 5.69 Å². The summed E-state index contributed by atoms with van der Waals surface area (Å²) in [6, 6.07) is 7.15. The van der Waals surface area contributed by atoms with Gasteiger partial charge in [0.1, 0.15) is 0 Å². The lowest BCUT2D eigenvalue weighted by Gasteiger charge is -1.96. The minimum atomic E-state index is 0.279. The van der Waals surface area contributed by atoms with Gasteiger partial charge in [-0.15, -0.1) is 0 Å². The molecular formula is C9H8N6. The Morgan fingerprint density at radius 1 is 1.20 bits per heavy atom. The van der Waals surface area contributed by atoms with Crippen LogP contribution in [0.5, 0.6) is 0 Å². The van der Waals surface area contributed by atoms with Gasteiger partial charge in [-0.2, -0.15) is 0 Å². The van der Waals surface area contributed by atoms with Crippen molar-refractivity contribution in [2.75, 3.05) is 6.54 Å². The summed E-state index contributed by atoms with van der Waals surface area (Å²) < 4.78 is 0. The molecule has 0 N–H and O–H groups in total. The van der Waals surface area contributed by atoms with Crippen molar-refractivity contribution < 1.29 is 0 Å². The number of benzene rings is 1. The Hall–Kier alpha value is -2.42. The van der Waals surface area contributed by atoms with Crippen molar-refractivity contribution in [2.24, 2.45) is 10.2 Å². The van der Waals surface area contributed by atoms with E-state index >= 15 is 0 Å². The lowest BCUT2D eigenvalue weighted by atomic mass is 10.1. The molecule has 0 saturated carbocycles. The first-order valence-corrected chi connectivity index (χ1v) is 4.20. The average molecular weight is 200 g/mol. The van der Waals surface area contributed by atoms with Crippen LogP contribution in [0.3, 0.4) is 0 Å². The third-order valence-electron chi connectivity index (χ3n) is 1.64. The lowest BCUT2D eigenvalue weighted by molar-refractivity contribution is 1.22. The molecule has 0 amide bonds. The average Bonchev–Trinajstić information content (AvgIpc) is 2.27. The molecule has 0 atom stereocenters. The van der Waals surface area contributed by atoms with E-state index in [1.54, 1.807) is 24.3 Å². The number of nitrogens with zero attached hydrogens (tertiary/aromatic N) is 6. The SMILES string of the molecule is [N-]=[N+]=NCC=Cc1ccccc1N=[N+]=[N-]. The monoisotopic (exact) mass is 200 g/mol. The fraction of sp³-hybridized carbons (Fsp3) is 0.111. The quantitative estimate of drug-likeness (QED) is 0.399. The van der Waals surface area contributed by atoms with Gasteiger partial charge >= 0.3 is 0 Å². The van der Waals surface area contributed by atoms with Gasteiger partial charge in [-0.3, -0.25) is 0 Å². The predicted molar refractivity (Wildman–Crippen MR) is 58.3 cm³/mol. The van der Waals surface area contributed by atoms with Crippen molar-refractivity contribution in [1.82, 2.24) is 0 Å². The molecule has 0 bridgehead atoms. The standard InChI is InChI=1S/C9H8N6/c10-14-12-7-3-5-8-4-1-2-6-9(8)13-15-11/h1-6H,7H2. The second kappa shape index (κ2) is 6.10. The van der Waals surface area contributed by atoms with Crippen molar-refractivity contribution in [1.29, 1.82) is 0 Å². The summed E-state index contributed by atoms with van der Waals surface area (Å²) in [6.07, 6.45) is 3.45. The molecule has 0 aliphatic carbocycles. The van der Waals surface area contributed by atoms with E-state index in [4.69, 9.17) is 11.1 Å². The van der Waals surface area contributed by atoms with Crippen LogP contribution in [0.1, 0.15) is 5.56 Å². The van der Waals surface area contributed by atoms with Crippen LogP contribution in [0.4, 0.5) is 5.69 Å². The third kappa shape index (κ3) is 3.44. The summed E-state index contributed by atoms with van der Waals surface area (Å²) in [7, 11) is 0. The molecule has 0 saturated heterocycles.